The Morgan fingerprint density at radius 1 is 1.12 bits per heavy atom. The van der Waals surface area contributed by atoms with Gasteiger partial charge < -0.3 is 0 Å². The Balaban J connectivity index is 2.05. The van der Waals surface area contributed by atoms with Crippen LogP contribution in [0.15, 0.2) is 36.4 Å². The molecule has 0 aromatic heterocycles. The summed E-state index contributed by atoms with van der Waals surface area (Å²) in [7, 11) is 0. The van der Waals surface area contributed by atoms with Crippen molar-refractivity contribution in [2.75, 3.05) is 0 Å². The first-order valence-corrected chi connectivity index (χ1v) is 6.61. The lowest BCUT2D eigenvalue weighted by atomic mass is 9.86. The summed E-state index contributed by atoms with van der Waals surface area (Å²) in [6, 6.07) is 9.64. The summed E-state index contributed by atoms with van der Waals surface area (Å²) < 4.78 is 0. The van der Waals surface area contributed by atoms with E-state index in [1.165, 1.54) is 19.3 Å². The third-order valence-corrected chi connectivity index (χ3v) is 3.65. The van der Waals surface area contributed by atoms with Crippen LogP contribution in [-0.4, -0.2) is 5.78 Å². The van der Waals surface area contributed by atoms with Crippen molar-refractivity contribution in [1.29, 1.82) is 0 Å². The van der Waals surface area contributed by atoms with Gasteiger partial charge in [0.15, 0.2) is 5.78 Å². The highest BCUT2D eigenvalue weighted by atomic mass is 35.5. The molecule has 2 heteroatoms. The second kappa shape index (κ2) is 6.02. The van der Waals surface area contributed by atoms with Gasteiger partial charge >= 0.3 is 0 Å². The van der Waals surface area contributed by atoms with Crippen LogP contribution in [0, 0.1) is 5.92 Å². The van der Waals surface area contributed by atoms with Crippen molar-refractivity contribution in [3.63, 3.8) is 0 Å². The first-order chi connectivity index (χ1) is 8.27. The minimum Gasteiger partial charge on any atom is -0.294 e. The Hall–Kier alpha value is -1.08. The molecule has 1 nitrogen and oxygen atoms in total. The Morgan fingerprint density at radius 2 is 1.76 bits per heavy atom. The molecule has 1 aromatic carbocycles. The fraction of sp³-hybridized carbons (Fsp3) is 0.400. The van der Waals surface area contributed by atoms with Crippen LogP contribution in [0.1, 0.15) is 37.7 Å². The fourth-order valence-electron chi connectivity index (χ4n) is 2.31. The van der Waals surface area contributed by atoms with E-state index in [9.17, 15) is 4.79 Å². The van der Waals surface area contributed by atoms with Crippen LogP contribution >= 0.6 is 11.6 Å². The quantitative estimate of drug-likeness (QED) is 0.724. The zero-order valence-corrected chi connectivity index (χ0v) is 10.6. The van der Waals surface area contributed by atoms with Gasteiger partial charge in [-0.3, -0.25) is 4.79 Å². The third kappa shape index (κ3) is 3.44. The molecule has 0 amide bonds. The summed E-state index contributed by atoms with van der Waals surface area (Å²) in [5.74, 6) is 0.389. The number of halogens is 1. The molecule has 1 aliphatic carbocycles. The van der Waals surface area contributed by atoms with Crippen LogP contribution in [0.5, 0.6) is 0 Å². The molecule has 17 heavy (non-hydrogen) atoms. The molecule has 0 atom stereocenters. The van der Waals surface area contributed by atoms with Gasteiger partial charge in [0, 0.05) is 12.0 Å². The predicted octanol–water partition coefficient (Wildman–Crippen LogP) is 4.42. The first-order valence-electron chi connectivity index (χ1n) is 6.24. The number of ketones is 1. The largest absolute Gasteiger partial charge is 0.294 e. The van der Waals surface area contributed by atoms with Gasteiger partial charge in [-0.15, -0.1) is 0 Å². The molecule has 90 valence electrons. The van der Waals surface area contributed by atoms with Crippen LogP contribution in [0.3, 0.4) is 0 Å². The smallest absolute Gasteiger partial charge is 0.160 e. The monoisotopic (exact) mass is 248 g/mol. The molecular weight excluding hydrogens is 232 g/mol. The summed E-state index contributed by atoms with van der Waals surface area (Å²) >= 11 is 6.16. The maximum Gasteiger partial charge on any atom is 0.160 e. The van der Waals surface area contributed by atoms with Gasteiger partial charge in [0.25, 0.3) is 0 Å². The molecule has 0 unspecified atom stereocenters. The zero-order valence-electron chi connectivity index (χ0n) is 9.86. The topological polar surface area (TPSA) is 17.1 Å². The van der Waals surface area contributed by atoms with E-state index in [1.807, 2.05) is 30.3 Å². The Labute approximate surface area is 107 Å². The molecule has 0 radical (unpaired) electrons. The molecule has 2 rings (SSSR count). The van der Waals surface area contributed by atoms with E-state index >= 15 is 0 Å². The lowest BCUT2D eigenvalue weighted by Gasteiger charge is -2.18. The highest BCUT2D eigenvalue weighted by Crippen LogP contribution is 2.26. The summed E-state index contributed by atoms with van der Waals surface area (Å²) in [5, 5.41) is 0.557. The Bertz CT molecular complexity index is 402. The average Bonchev–Trinajstić information content (AvgIpc) is 2.40. The van der Waals surface area contributed by atoms with E-state index in [0.29, 0.717) is 5.03 Å². The van der Waals surface area contributed by atoms with Gasteiger partial charge in [0.05, 0.1) is 5.03 Å². The molecule has 1 saturated carbocycles. The lowest BCUT2D eigenvalue weighted by Crippen LogP contribution is -2.15. The molecule has 1 aliphatic rings. The van der Waals surface area contributed by atoms with Crippen molar-refractivity contribution in [2.45, 2.75) is 32.1 Å². The predicted molar refractivity (Wildman–Crippen MR) is 71.9 cm³/mol. The van der Waals surface area contributed by atoms with Crippen molar-refractivity contribution < 1.29 is 4.79 Å². The number of hydrogen-bond donors (Lipinski definition) is 0. The first kappa shape index (κ1) is 12.4. The average molecular weight is 249 g/mol. The van der Waals surface area contributed by atoms with E-state index in [-0.39, 0.29) is 11.7 Å². The number of carbonyl (C=O) groups is 1. The lowest BCUT2D eigenvalue weighted by molar-refractivity contribution is -0.119. The molecule has 0 spiro atoms. The highest BCUT2D eigenvalue weighted by molar-refractivity contribution is 6.50. The maximum absolute atomic E-state index is 12.0. The fourth-order valence-corrected chi connectivity index (χ4v) is 2.54. The molecule has 1 fully saturated rings. The van der Waals surface area contributed by atoms with Crippen LogP contribution in [-0.2, 0) is 4.79 Å². The van der Waals surface area contributed by atoms with E-state index < -0.39 is 0 Å². The second-order valence-corrected chi connectivity index (χ2v) is 5.00. The molecule has 0 saturated heterocycles. The Morgan fingerprint density at radius 3 is 2.41 bits per heavy atom. The second-order valence-electron chi connectivity index (χ2n) is 4.60. The van der Waals surface area contributed by atoms with E-state index in [0.717, 1.165) is 18.4 Å². The molecule has 0 N–H and O–H groups in total. The van der Waals surface area contributed by atoms with Gasteiger partial charge in [-0.1, -0.05) is 61.2 Å². The van der Waals surface area contributed by atoms with Crippen LogP contribution in [0.25, 0.3) is 5.03 Å². The van der Waals surface area contributed by atoms with E-state index in [1.54, 1.807) is 6.08 Å². The summed E-state index contributed by atoms with van der Waals surface area (Å²) in [5.41, 5.74) is 0.915. The van der Waals surface area contributed by atoms with Crippen molar-refractivity contribution in [1.82, 2.24) is 0 Å². The minimum absolute atomic E-state index is 0.193. The van der Waals surface area contributed by atoms with E-state index in [2.05, 4.69) is 0 Å². The summed E-state index contributed by atoms with van der Waals surface area (Å²) in [6.07, 6.45) is 7.26. The standard InChI is InChI=1S/C15H17ClO/c16-14(12-7-3-1-4-8-12)11-15(17)13-9-5-2-6-10-13/h1,3-4,7-8,11,13H,2,5-6,9-10H2/b14-11-. The summed E-state index contributed by atoms with van der Waals surface area (Å²) in [6.45, 7) is 0. The van der Waals surface area contributed by atoms with Crippen molar-refractivity contribution >= 4 is 22.4 Å². The summed E-state index contributed by atoms with van der Waals surface area (Å²) in [4.78, 5) is 12.0. The van der Waals surface area contributed by atoms with Gasteiger partial charge in [-0.2, -0.15) is 0 Å². The van der Waals surface area contributed by atoms with Crippen molar-refractivity contribution in [3.8, 4) is 0 Å². The van der Waals surface area contributed by atoms with Gasteiger partial charge in [0.1, 0.15) is 0 Å². The molecule has 0 heterocycles. The Kier molecular flexibility index (Phi) is 4.38. The molecule has 0 aliphatic heterocycles. The zero-order chi connectivity index (χ0) is 12.1. The van der Waals surface area contributed by atoms with Gasteiger partial charge in [-0.25, -0.2) is 0 Å². The number of benzene rings is 1. The van der Waals surface area contributed by atoms with Crippen molar-refractivity contribution in [2.24, 2.45) is 5.92 Å². The SMILES string of the molecule is O=C(/C=C(\Cl)c1ccccc1)C1CCCCC1. The minimum atomic E-state index is 0.193. The van der Waals surface area contributed by atoms with Gasteiger partial charge in [-0.05, 0) is 18.4 Å². The third-order valence-electron chi connectivity index (χ3n) is 3.33. The molecule has 1 aromatic rings. The van der Waals surface area contributed by atoms with E-state index in [4.69, 9.17) is 11.6 Å². The van der Waals surface area contributed by atoms with Crippen LogP contribution in [0.4, 0.5) is 0 Å². The number of allylic oxidation sites excluding steroid dienone is 1. The number of rotatable bonds is 3. The molecular formula is C15H17ClO. The maximum atomic E-state index is 12.0. The number of carbonyl (C=O) groups excluding carboxylic acids is 1. The molecule has 0 bridgehead atoms. The van der Waals surface area contributed by atoms with Crippen LogP contribution in [0.2, 0.25) is 0 Å². The number of hydrogen-bond acceptors (Lipinski definition) is 1. The normalized spacial score (nSPS) is 18.1. The van der Waals surface area contributed by atoms with Crippen LogP contribution < -0.4 is 0 Å². The van der Waals surface area contributed by atoms with Gasteiger partial charge in [0.2, 0.25) is 0 Å². The van der Waals surface area contributed by atoms with Crippen molar-refractivity contribution in [3.05, 3.63) is 42.0 Å². The highest BCUT2D eigenvalue weighted by Gasteiger charge is 2.19.